The largest absolute Gasteiger partial charge is 0.360 e. The van der Waals surface area contributed by atoms with Crippen molar-refractivity contribution in [3.63, 3.8) is 0 Å². The van der Waals surface area contributed by atoms with Crippen LogP contribution in [-0.4, -0.2) is 28.6 Å². The molecule has 0 aliphatic heterocycles. The Labute approximate surface area is 119 Å². The zero-order chi connectivity index (χ0) is 15.6. The van der Waals surface area contributed by atoms with Crippen molar-refractivity contribution in [3.05, 3.63) is 28.9 Å². The lowest BCUT2D eigenvalue weighted by Gasteiger charge is -2.03. The van der Waals surface area contributed by atoms with Crippen LogP contribution in [0.3, 0.4) is 0 Å². The number of rotatable bonds is 6. The highest BCUT2D eigenvalue weighted by molar-refractivity contribution is 7.89. The average molecular weight is 320 g/mol. The van der Waals surface area contributed by atoms with Crippen molar-refractivity contribution < 1.29 is 21.7 Å². The van der Waals surface area contributed by atoms with Gasteiger partial charge in [-0.15, -0.1) is 5.10 Å². The molecule has 2 aromatic heterocycles. The molecule has 0 unspecified atom stereocenters. The molecule has 7 nitrogen and oxygen atoms in total. The maximum atomic E-state index is 12.8. The molecular weight excluding hydrogens is 306 g/mol. The number of aryl methyl sites for hydroxylation is 2. The van der Waals surface area contributed by atoms with Gasteiger partial charge in [-0.25, -0.2) is 21.9 Å². The highest BCUT2D eigenvalue weighted by Gasteiger charge is 2.25. The third-order valence-electron chi connectivity index (χ3n) is 2.84. The molecule has 0 N–H and O–H groups in total. The Morgan fingerprint density at radius 2 is 2.10 bits per heavy atom. The molecule has 2 heterocycles. The Bertz CT molecular complexity index is 724. The van der Waals surface area contributed by atoms with E-state index in [0.29, 0.717) is 12.1 Å². The van der Waals surface area contributed by atoms with Crippen LogP contribution in [0.15, 0.2) is 10.6 Å². The number of alkyl halides is 2. The van der Waals surface area contributed by atoms with E-state index in [2.05, 4.69) is 15.5 Å². The van der Waals surface area contributed by atoms with Crippen LogP contribution in [0, 0.1) is 0 Å². The normalized spacial score (nSPS) is 12.2. The molecule has 2 aromatic rings. The fourth-order valence-electron chi connectivity index (χ4n) is 1.84. The SMILES string of the molecule is CCc1cc(CS(=O)(=O)Cc2nnn(C)c2C(F)F)on1. The van der Waals surface area contributed by atoms with Gasteiger partial charge in [-0.3, -0.25) is 0 Å². The lowest BCUT2D eigenvalue weighted by atomic mass is 10.3. The fourth-order valence-corrected chi connectivity index (χ4v) is 3.14. The van der Waals surface area contributed by atoms with Crippen LogP contribution >= 0.6 is 0 Å². The summed E-state index contributed by atoms with van der Waals surface area (Å²) < 4.78 is 55.5. The molecule has 0 spiro atoms. The van der Waals surface area contributed by atoms with E-state index in [9.17, 15) is 17.2 Å². The first kappa shape index (κ1) is 15.5. The van der Waals surface area contributed by atoms with Crippen molar-refractivity contribution in [2.75, 3.05) is 0 Å². The van der Waals surface area contributed by atoms with E-state index in [0.717, 1.165) is 4.68 Å². The van der Waals surface area contributed by atoms with Gasteiger partial charge in [-0.1, -0.05) is 17.3 Å². The Morgan fingerprint density at radius 1 is 1.38 bits per heavy atom. The molecule has 0 amide bonds. The molecule has 0 aromatic carbocycles. The number of halogens is 2. The molecule has 21 heavy (non-hydrogen) atoms. The third-order valence-corrected chi connectivity index (χ3v) is 4.28. The average Bonchev–Trinajstić information content (AvgIpc) is 2.95. The van der Waals surface area contributed by atoms with Crippen molar-refractivity contribution >= 4 is 9.84 Å². The molecule has 2 rings (SSSR count). The lowest BCUT2D eigenvalue weighted by Crippen LogP contribution is -2.10. The number of hydrogen-bond acceptors (Lipinski definition) is 6. The van der Waals surface area contributed by atoms with Gasteiger partial charge < -0.3 is 4.52 Å². The van der Waals surface area contributed by atoms with Gasteiger partial charge in [0.25, 0.3) is 6.43 Å². The standard InChI is InChI=1S/C11H14F2N4O3S/c1-3-7-4-8(20-15-7)5-21(18,19)6-9-10(11(12)13)17(2)16-14-9/h4,11H,3,5-6H2,1-2H3. The van der Waals surface area contributed by atoms with Gasteiger partial charge in [0.2, 0.25) is 0 Å². The molecule has 0 aliphatic carbocycles. The van der Waals surface area contributed by atoms with Gasteiger partial charge >= 0.3 is 0 Å². The summed E-state index contributed by atoms with van der Waals surface area (Å²) in [6.07, 6.45) is -2.23. The van der Waals surface area contributed by atoms with E-state index in [1.54, 1.807) is 0 Å². The van der Waals surface area contributed by atoms with Crippen molar-refractivity contribution in [2.45, 2.75) is 31.3 Å². The number of hydrogen-bond donors (Lipinski definition) is 0. The van der Waals surface area contributed by atoms with E-state index >= 15 is 0 Å². The van der Waals surface area contributed by atoms with Crippen LogP contribution in [0.2, 0.25) is 0 Å². The summed E-state index contributed by atoms with van der Waals surface area (Å²) >= 11 is 0. The van der Waals surface area contributed by atoms with Gasteiger partial charge in [0.15, 0.2) is 15.6 Å². The molecule has 0 saturated heterocycles. The molecule has 0 atom stereocenters. The number of sulfone groups is 1. The molecule has 0 fully saturated rings. The van der Waals surface area contributed by atoms with Gasteiger partial charge in [0.1, 0.15) is 17.1 Å². The highest BCUT2D eigenvalue weighted by atomic mass is 32.2. The second-order valence-corrected chi connectivity index (χ2v) is 6.58. The summed E-state index contributed by atoms with van der Waals surface area (Å²) in [7, 11) is -2.42. The topological polar surface area (TPSA) is 90.9 Å². The Balaban J connectivity index is 2.18. The van der Waals surface area contributed by atoms with E-state index < -0.39 is 33.5 Å². The second kappa shape index (κ2) is 5.88. The maximum Gasteiger partial charge on any atom is 0.281 e. The first-order chi connectivity index (χ1) is 9.82. The maximum absolute atomic E-state index is 12.8. The van der Waals surface area contributed by atoms with Gasteiger partial charge in [0.05, 0.1) is 11.4 Å². The van der Waals surface area contributed by atoms with Gasteiger partial charge in [-0.2, -0.15) is 0 Å². The summed E-state index contributed by atoms with van der Waals surface area (Å²) in [5, 5.41) is 10.6. The zero-order valence-electron chi connectivity index (χ0n) is 11.5. The fraction of sp³-hybridized carbons (Fsp3) is 0.545. The molecular formula is C11H14F2N4O3S. The molecule has 0 aliphatic rings. The van der Waals surface area contributed by atoms with E-state index in [-0.39, 0.29) is 11.5 Å². The molecule has 0 radical (unpaired) electrons. The highest BCUT2D eigenvalue weighted by Crippen LogP contribution is 2.23. The molecule has 0 saturated carbocycles. The van der Waals surface area contributed by atoms with Crippen LogP contribution in [0.4, 0.5) is 8.78 Å². The quantitative estimate of drug-likeness (QED) is 0.799. The smallest absolute Gasteiger partial charge is 0.281 e. The van der Waals surface area contributed by atoms with Crippen molar-refractivity contribution in [3.8, 4) is 0 Å². The van der Waals surface area contributed by atoms with Crippen molar-refractivity contribution in [1.82, 2.24) is 20.2 Å². The summed E-state index contributed by atoms with van der Waals surface area (Å²) in [6, 6.07) is 1.53. The Hall–Kier alpha value is -1.84. The minimum atomic E-state index is -3.71. The lowest BCUT2D eigenvalue weighted by molar-refractivity contribution is 0.140. The third kappa shape index (κ3) is 3.63. The summed E-state index contributed by atoms with van der Waals surface area (Å²) in [5.74, 6) is -0.864. The Kier molecular flexibility index (Phi) is 4.35. The molecule has 116 valence electrons. The minimum absolute atomic E-state index is 0.175. The van der Waals surface area contributed by atoms with Crippen LogP contribution < -0.4 is 0 Å². The number of aromatic nitrogens is 4. The van der Waals surface area contributed by atoms with E-state index in [4.69, 9.17) is 4.52 Å². The molecule has 10 heteroatoms. The first-order valence-electron chi connectivity index (χ1n) is 6.14. The first-order valence-corrected chi connectivity index (χ1v) is 7.96. The van der Waals surface area contributed by atoms with Crippen molar-refractivity contribution in [2.24, 2.45) is 7.05 Å². The van der Waals surface area contributed by atoms with E-state index in [1.807, 2.05) is 6.92 Å². The number of nitrogens with zero attached hydrogens (tertiary/aromatic N) is 4. The Morgan fingerprint density at radius 3 is 2.67 bits per heavy atom. The van der Waals surface area contributed by atoms with Gasteiger partial charge in [0, 0.05) is 13.1 Å². The summed E-state index contributed by atoms with van der Waals surface area (Å²) in [6.45, 7) is 1.85. The van der Waals surface area contributed by atoms with Crippen LogP contribution in [-0.2, 0) is 34.8 Å². The van der Waals surface area contributed by atoms with Crippen molar-refractivity contribution in [1.29, 1.82) is 0 Å². The zero-order valence-corrected chi connectivity index (χ0v) is 12.3. The predicted octanol–water partition coefficient (Wildman–Crippen LogP) is 1.42. The van der Waals surface area contributed by atoms with Crippen LogP contribution in [0.5, 0.6) is 0 Å². The second-order valence-electron chi connectivity index (χ2n) is 4.52. The van der Waals surface area contributed by atoms with Gasteiger partial charge in [-0.05, 0) is 6.42 Å². The van der Waals surface area contributed by atoms with Crippen LogP contribution in [0.1, 0.15) is 36.2 Å². The minimum Gasteiger partial charge on any atom is -0.360 e. The summed E-state index contributed by atoms with van der Waals surface area (Å²) in [4.78, 5) is 0. The van der Waals surface area contributed by atoms with E-state index in [1.165, 1.54) is 13.1 Å². The monoisotopic (exact) mass is 320 g/mol. The molecule has 0 bridgehead atoms. The predicted molar refractivity (Wildman–Crippen MR) is 68.2 cm³/mol. The van der Waals surface area contributed by atoms with Crippen LogP contribution in [0.25, 0.3) is 0 Å². The summed E-state index contributed by atoms with van der Waals surface area (Å²) in [5.41, 5.74) is -0.110.